The van der Waals surface area contributed by atoms with Crippen molar-refractivity contribution in [2.45, 2.75) is 24.8 Å². The van der Waals surface area contributed by atoms with E-state index in [9.17, 15) is 13.5 Å². The van der Waals surface area contributed by atoms with Crippen LogP contribution < -0.4 is 0 Å². The second-order valence-electron chi connectivity index (χ2n) is 4.53. The lowest BCUT2D eigenvalue weighted by Gasteiger charge is -2.19. The molecule has 0 aliphatic heterocycles. The van der Waals surface area contributed by atoms with Crippen LogP contribution in [0.15, 0.2) is 21.5 Å². The predicted molar refractivity (Wildman–Crippen MR) is 81.1 cm³/mol. The average Bonchev–Trinajstić information content (AvgIpc) is 2.41. The molecule has 114 valence electrons. The first-order valence-electron chi connectivity index (χ1n) is 6.19. The maximum Gasteiger partial charge on any atom is 0.243 e. The fourth-order valence-corrected chi connectivity index (χ4v) is 3.93. The van der Waals surface area contributed by atoms with E-state index in [2.05, 4.69) is 15.9 Å². The molecule has 0 aliphatic rings. The lowest BCUT2D eigenvalue weighted by atomic mass is 10.2. The van der Waals surface area contributed by atoms with Gasteiger partial charge in [0.2, 0.25) is 10.0 Å². The zero-order chi connectivity index (χ0) is 15.3. The molecular weight excluding hydrogens is 346 g/mol. The number of methoxy groups -OCH3 is 1. The van der Waals surface area contributed by atoms with Crippen molar-refractivity contribution in [3.63, 3.8) is 0 Å². The van der Waals surface area contributed by atoms with Gasteiger partial charge in [0.25, 0.3) is 0 Å². The topological polar surface area (TPSA) is 66.8 Å². The van der Waals surface area contributed by atoms with Gasteiger partial charge in [-0.15, -0.1) is 0 Å². The van der Waals surface area contributed by atoms with Crippen LogP contribution in [-0.2, 0) is 21.4 Å². The number of sulfonamides is 1. The van der Waals surface area contributed by atoms with E-state index in [1.165, 1.54) is 10.4 Å². The van der Waals surface area contributed by atoms with E-state index in [1.54, 1.807) is 27.1 Å². The molecule has 0 aromatic heterocycles. The van der Waals surface area contributed by atoms with E-state index in [0.29, 0.717) is 35.2 Å². The molecular formula is C13H20BrNO4S. The van der Waals surface area contributed by atoms with Crippen molar-refractivity contribution in [1.82, 2.24) is 4.31 Å². The minimum atomic E-state index is -3.57. The van der Waals surface area contributed by atoms with Crippen LogP contribution in [0.3, 0.4) is 0 Å². The highest BCUT2D eigenvalue weighted by Gasteiger charge is 2.24. The van der Waals surface area contributed by atoms with Gasteiger partial charge in [0.15, 0.2) is 0 Å². The summed E-state index contributed by atoms with van der Waals surface area (Å²) >= 11 is 3.33. The van der Waals surface area contributed by atoms with Gasteiger partial charge in [-0.1, -0.05) is 15.9 Å². The summed E-state index contributed by atoms with van der Waals surface area (Å²) in [4.78, 5) is 0.218. The Kier molecular flexibility index (Phi) is 6.60. The Balaban J connectivity index is 3.11. The molecule has 0 bridgehead atoms. The second kappa shape index (κ2) is 7.51. The fraction of sp³-hybridized carbons (Fsp3) is 0.538. The molecule has 0 saturated carbocycles. The van der Waals surface area contributed by atoms with Crippen LogP contribution in [0.5, 0.6) is 0 Å². The number of aliphatic hydroxyl groups excluding tert-OH is 1. The first-order chi connectivity index (χ1) is 9.34. The van der Waals surface area contributed by atoms with Gasteiger partial charge in [-0.2, -0.15) is 0 Å². The molecule has 1 aromatic rings. The number of nitrogens with zero attached hydrogens (tertiary/aromatic N) is 1. The number of benzene rings is 1. The number of hydrogen-bond acceptors (Lipinski definition) is 4. The quantitative estimate of drug-likeness (QED) is 0.749. The molecule has 0 saturated heterocycles. The van der Waals surface area contributed by atoms with E-state index < -0.39 is 10.0 Å². The predicted octanol–water partition coefficient (Wildman–Crippen LogP) is 1.91. The standard InChI is InChI=1S/C13H20BrNO4S/c1-10-12(14)7-11(9-16)8-13(10)20(17,18)15(2)5-4-6-19-3/h7-8,16H,4-6,9H2,1-3H3. The number of rotatable bonds is 7. The van der Waals surface area contributed by atoms with E-state index in [0.717, 1.165) is 0 Å². The molecule has 5 nitrogen and oxygen atoms in total. The third kappa shape index (κ3) is 4.02. The maximum absolute atomic E-state index is 12.6. The van der Waals surface area contributed by atoms with E-state index in [1.807, 2.05) is 0 Å². The molecule has 0 fully saturated rings. The number of halogens is 1. The van der Waals surface area contributed by atoms with Crippen molar-refractivity contribution in [3.8, 4) is 0 Å². The van der Waals surface area contributed by atoms with Gasteiger partial charge in [0.05, 0.1) is 11.5 Å². The van der Waals surface area contributed by atoms with Crippen LogP contribution in [0, 0.1) is 6.92 Å². The second-order valence-corrected chi connectivity index (χ2v) is 7.40. The Labute approximate surface area is 128 Å². The van der Waals surface area contributed by atoms with Crippen LogP contribution >= 0.6 is 15.9 Å². The van der Waals surface area contributed by atoms with Crippen molar-refractivity contribution >= 4 is 26.0 Å². The van der Waals surface area contributed by atoms with Gasteiger partial charge >= 0.3 is 0 Å². The summed E-state index contributed by atoms with van der Waals surface area (Å²) in [5.41, 5.74) is 1.20. The highest BCUT2D eigenvalue weighted by atomic mass is 79.9. The van der Waals surface area contributed by atoms with Crippen LogP contribution in [0.4, 0.5) is 0 Å². The molecule has 1 aromatic carbocycles. The highest BCUT2D eigenvalue weighted by Crippen LogP contribution is 2.27. The Bertz CT molecular complexity index is 560. The van der Waals surface area contributed by atoms with E-state index in [-0.39, 0.29) is 11.5 Å². The zero-order valence-corrected chi connectivity index (χ0v) is 14.3. The number of hydrogen-bond donors (Lipinski definition) is 1. The first-order valence-corrected chi connectivity index (χ1v) is 8.43. The Hall–Kier alpha value is -0.470. The largest absolute Gasteiger partial charge is 0.392 e. The molecule has 0 radical (unpaired) electrons. The van der Waals surface area contributed by atoms with Gasteiger partial charge < -0.3 is 9.84 Å². The van der Waals surface area contributed by atoms with Gasteiger partial charge in [0.1, 0.15) is 0 Å². The first kappa shape index (κ1) is 17.6. The summed E-state index contributed by atoms with van der Waals surface area (Å²) in [5, 5.41) is 9.21. The van der Waals surface area contributed by atoms with Crippen LogP contribution in [-0.4, -0.2) is 45.1 Å². The molecule has 0 unspecified atom stereocenters. The summed E-state index contributed by atoms with van der Waals surface area (Å²) in [5.74, 6) is 0. The molecule has 1 rings (SSSR count). The number of ether oxygens (including phenoxy) is 1. The monoisotopic (exact) mass is 365 g/mol. The Morgan fingerprint density at radius 1 is 1.40 bits per heavy atom. The van der Waals surface area contributed by atoms with Crippen molar-refractivity contribution in [3.05, 3.63) is 27.7 Å². The minimum absolute atomic E-state index is 0.200. The van der Waals surface area contributed by atoms with Gasteiger partial charge in [-0.3, -0.25) is 0 Å². The third-order valence-electron chi connectivity index (χ3n) is 3.05. The summed E-state index contributed by atoms with van der Waals surface area (Å²) in [6, 6.07) is 3.24. The molecule has 0 amide bonds. The van der Waals surface area contributed by atoms with Crippen LogP contribution in [0.1, 0.15) is 17.5 Å². The summed E-state index contributed by atoms with van der Waals surface area (Å²) in [6.45, 7) is 2.44. The molecule has 0 atom stereocenters. The van der Waals surface area contributed by atoms with Crippen LogP contribution in [0.25, 0.3) is 0 Å². The third-order valence-corrected chi connectivity index (χ3v) is 5.86. The minimum Gasteiger partial charge on any atom is -0.392 e. The summed E-state index contributed by atoms with van der Waals surface area (Å²) in [6.07, 6.45) is 0.631. The van der Waals surface area contributed by atoms with Crippen molar-refractivity contribution < 1.29 is 18.3 Å². The fourth-order valence-electron chi connectivity index (χ4n) is 1.79. The normalized spacial score (nSPS) is 12.1. The lowest BCUT2D eigenvalue weighted by Crippen LogP contribution is -2.29. The van der Waals surface area contributed by atoms with Gasteiger partial charge in [-0.05, 0) is 36.6 Å². The maximum atomic E-state index is 12.6. The van der Waals surface area contributed by atoms with Crippen molar-refractivity contribution in [2.24, 2.45) is 0 Å². The smallest absolute Gasteiger partial charge is 0.243 e. The van der Waals surface area contributed by atoms with Gasteiger partial charge in [0, 0.05) is 31.8 Å². The van der Waals surface area contributed by atoms with E-state index in [4.69, 9.17) is 4.74 Å². The molecule has 20 heavy (non-hydrogen) atoms. The molecule has 0 aliphatic carbocycles. The zero-order valence-electron chi connectivity index (χ0n) is 11.9. The van der Waals surface area contributed by atoms with Crippen LogP contribution in [0.2, 0.25) is 0 Å². The average molecular weight is 366 g/mol. The highest BCUT2D eigenvalue weighted by molar-refractivity contribution is 9.10. The molecule has 7 heteroatoms. The van der Waals surface area contributed by atoms with E-state index >= 15 is 0 Å². The summed E-state index contributed by atoms with van der Waals surface area (Å²) in [7, 11) is -0.439. The van der Waals surface area contributed by atoms with Gasteiger partial charge in [-0.25, -0.2) is 12.7 Å². The Morgan fingerprint density at radius 3 is 2.60 bits per heavy atom. The lowest BCUT2D eigenvalue weighted by molar-refractivity contribution is 0.189. The number of aliphatic hydroxyl groups is 1. The van der Waals surface area contributed by atoms with Crippen molar-refractivity contribution in [2.75, 3.05) is 27.3 Å². The SMILES string of the molecule is COCCCN(C)S(=O)(=O)c1cc(CO)cc(Br)c1C. The summed E-state index contributed by atoms with van der Waals surface area (Å²) < 4.78 is 32.0. The van der Waals surface area contributed by atoms with Crippen molar-refractivity contribution in [1.29, 1.82) is 0 Å². The Morgan fingerprint density at radius 2 is 2.05 bits per heavy atom. The molecule has 1 N–H and O–H groups in total. The molecule has 0 heterocycles. The molecule has 0 spiro atoms.